The van der Waals surface area contributed by atoms with E-state index in [1.165, 1.54) is 0 Å². The van der Waals surface area contributed by atoms with Gasteiger partial charge in [0.1, 0.15) is 11.8 Å². The Hall–Kier alpha value is -1.18. The minimum absolute atomic E-state index is 0.592. The SMILES string of the molecule is COc1ccc(CNCCC(C)SC)cc1C#N. The van der Waals surface area contributed by atoms with Crippen LogP contribution in [-0.4, -0.2) is 25.2 Å². The Labute approximate surface area is 114 Å². The summed E-state index contributed by atoms with van der Waals surface area (Å²) in [5.41, 5.74) is 1.71. The lowest BCUT2D eigenvalue weighted by atomic mass is 10.1. The molecule has 3 nitrogen and oxygen atoms in total. The normalized spacial score (nSPS) is 11.9. The molecule has 1 aromatic rings. The summed E-state index contributed by atoms with van der Waals surface area (Å²) in [5, 5.41) is 13.1. The lowest BCUT2D eigenvalue weighted by Gasteiger charge is -2.10. The summed E-state index contributed by atoms with van der Waals surface area (Å²) in [6, 6.07) is 7.87. The van der Waals surface area contributed by atoms with Crippen molar-refractivity contribution in [1.29, 1.82) is 5.26 Å². The average molecular weight is 264 g/mol. The van der Waals surface area contributed by atoms with E-state index in [0.29, 0.717) is 16.6 Å². The first-order chi connectivity index (χ1) is 8.71. The first-order valence-electron chi connectivity index (χ1n) is 6.01. The predicted molar refractivity (Wildman–Crippen MR) is 77.0 cm³/mol. The second-order valence-corrected chi connectivity index (χ2v) is 5.43. The molecule has 1 aromatic carbocycles. The van der Waals surface area contributed by atoms with Crippen molar-refractivity contribution in [3.63, 3.8) is 0 Å². The molecule has 0 spiro atoms. The number of nitrogens with zero attached hydrogens (tertiary/aromatic N) is 1. The third kappa shape index (κ3) is 4.59. The standard InChI is InChI=1S/C14H20N2OS/c1-11(18-3)6-7-16-10-12-4-5-14(17-2)13(8-12)9-15/h4-5,8,11,16H,6-7,10H2,1-3H3. The van der Waals surface area contributed by atoms with E-state index in [1.807, 2.05) is 30.0 Å². The molecule has 0 aromatic heterocycles. The quantitative estimate of drug-likeness (QED) is 0.769. The van der Waals surface area contributed by atoms with Gasteiger partial charge in [-0.2, -0.15) is 17.0 Å². The van der Waals surface area contributed by atoms with Crippen LogP contribution in [0.5, 0.6) is 5.75 Å². The lowest BCUT2D eigenvalue weighted by Crippen LogP contribution is -2.17. The van der Waals surface area contributed by atoms with E-state index >= 15 is 0 Å². The highest BCUT2D eigenvalue weighted by Crippen LogP contribution is 2.18. The maximum absolute atomic E-state index is 9.00. The third-order valence-corrected chi connectivity index (χ3v) is 3.88. The average Bonchev–Trinajstić information content (AvgIpc) is 2.42. The van der Waals surface area contributed by atoms with E-state index in [2.05, 4.69) is 24.6 Å². The van der Waals surface area contributed by atoms with Crippen LogP contribution >= 0.6 is 11.8 Å². The molecule has 1 atom stereocenters. The van der Waals surface area contributed by atoms with Crippen LogP contribution in [-0.2, 0) is 6.54 Å². The van der Waals surface area contributed by atoms with E-state index in [-0.39, 0.29) is 0 Å². The molecule has 0 amide bonds. The van der Waals surface area contributed by atoms with E-state index in [0.717, 1.165) is 25.1 Å². The van der Waals surface area contributed by atoms with Crippen molar-refractivity contribution in [2.24, 2.45) is 0 Å². The Balaban J connectivity index is 2.46. The number of hydrogen-bond acceptors (Lipinski definition) is 4. The Kier molecular flexibility index (Phi) is 6.63. The van der Waals surface area contributed by atoms with Crippen LogP contribution in [0.4, 0.5) is 0 Å². The minimum atomic E-state index is 0.592. The van der Waals surface area contributed by atoms with Gasteiger partial charge in [0, 0.05) is 11.8 Å². The van der Waals surface area contributed by atoms with E-state index in [9.17, 15) is 0 Å². The van der Waals surface area contributed by atoms with E-state index < -0.39 is 0 Å². The van der Waals surface area contributed by atoms with Crippen molar-refractivity contribution >= 4 is 11.8 Å². The molecule has 1 unspecified atom stereocenters. The molecule has 1 rings (SSSR count). The van der Waals surface area contributed by atoms with Crippen LogP contribution in [0.25, 0.3) is 0 Å². The van der Waals surface area contributed by atoms with Crippen molar-refractivity contribution < 1.29 is 4.74 Å². The van der Waals surface area contributed by atoms with Gasteiger partial charge in [-0.3, -0.25) is 0 Å². The first-order valence-corrected chi connectivity index (χ1v) is 7.30. The van der Waals surface area contributed by atoms with Crippen molar-refractivity contribution in [2.75, 3.05) is 19.9 Å². The van der Waals surface area contributed by atoms with Gasteiger partial charge < -0.3 is 10.1 Å². The molecule has 98 valence electrons. The van der Waals surface area contributed by atoms with Crippen LogP contribution in [0.3, 0.4) is 0 Å². The van der Waals surface area contributed by atoms with Crippen LogP contribution in [0.15, 0.2) is 18.2 Å². The van der Waals surface area contributed by atoms with Gasteiger partial charge in [0.25, 0.3) is 0 Å². The maximum atomic E-state index is 9.00. The minimum Gasteiger partial charge on any atom is -0.495 e. The third-order valence-electron chi connectivity index (χ3n) is 2.84. The largest absolute Gasteiger partial charge is 0.495 e. The fourth-order valence-electron chi connectivity index (χ4n) is 1.61. The van der Waals surface area contributed by atoms with Gasteiger partial charge in [0.15, 0.2) is 0 Å². The van der Waals surface area contributed by atoms with Gasteiger partial charge in [0.2, 0.25) is 0 Å². The van der Waals surface area contributed by atoms with Gasteiger partial charge in [-0.1, -0.05) is 13.0 Å². The number of nitriles is 1. The van der Waals surface area contributed by atoms with Gasteiger partial charge >= 0.3 is 0 Å². The highest BCUT2D eigenvalue weighted by Gasteiger charge is 2.03. The smallest absolute Gasteiger partial charge is 0.136 e. The van der Waals surface area contributed by atoms with Crippen LogP contribution in [0.2, 0.25) is 0 Å². The van der Waals surface area contributed by atoms with Crippen molar-refractivity contribution in [1.82, 2.24) is 5.32 Å². The topological polar surface area (TPSA) is 45.0 Å². The maximum Gasteiger partial charge on any atom is 0.136 e. The molecule has 0 saturated heterocycles. The van der Waals surface area contributed by atoms with Crippen LogP contribution in [0.1, 0.15) is 24.5 Å². The highest BCUT2D eigenvalue weighted by atomic mass is 32.2. The van der Waals surface area contributed by atoms with Crippen molar-refractivity contribution in [3.8, 4) is 11.8 Å². The van der Waals surface area contributed by atoms with Gasteiger partial charge in [-0.25, -0.2) is 0 Å². The second-order valence-electron chi connectivity index (χ2n) is 4.16. The summed E-state index contributed by atoms with van der Waals surface area (Å²) in [6.07, 6.45) is 3.29. The second kappa shape index (κ2) is 8.02. The molecule has 0 fully saturated rings. The molecule has 0 saturated carbocycles. The molecule has 0 heterocycles. The van der Waals surface area contributed by atoms with Gasteiger partial charge in [0.05, 0.1) is 12.7 Å². The zero-order valence-electron chi connectivity index (χ0n) is 11.2. The molecular formula is C14H20N2OS. The molecule has 0 aliphatic carbocycles. The van der Waals surface area contributed by atoms with E-state index in [1.54, 1.807) is 7.11 Å². The van der Waals surface area contributed by atoms with Crippen molar-refractivity contribution in [3.05, 3.63) is 29.3 Å². The lowest BCUT2D eigenvalue weighted by molar-refractivity contribution is 0.413. The Morgan fingerprint density at radius 1 is 1.50 bits per heavy atom. The fraction of sp³-hybridized carbons (Fsp3) is 0.500. The summed E-state index contributed by atoms with van der Waals surface area (Å²) in [7, 11) is 1.58. The van der Waals surface area contributed by atoms with Crippen molar-refractivity contribution in [2.45, 2.75) is 25.1 Å². The summed E-state index contributed by atoms with van der Waals surface area (Å²) >= 11 is 1.88. The van der Waals surface area contributed by atoms with E-state index in [4.69, 9.17) is 10.00 Å². The number of thioether (sulfide) groups is 1. The molecule has 0 aliphatic rings. The number of ether oxygens (including phenoxy) is 1. The van der Waals surface area contributed by atoms with Gasteiger partial charge in [-0.15, -0.1) is 0 Å². The molecule has 18 heavy (non-hydrogen) atoms. The molecular weight excluding hydrogens is 244 g/mol. The highest BCUT2D eigenvalue weighted by molar-refractivity contribution is 7.99. The Bertz CT molecular complexity index is 415. The zero-order chi connectivity index (χ0) is 13.4. The Morgan fingerprint density at radius 3 is 2.89 bits per heavy atom. The molecule has 1 N–H and O–H groups in total. The summed E-state index contributed by atoms with van der Waals surface area (Å²) in [6.45, 7) is 4.02. The number of benzene rings is 1. The fourth-order valence-corrected chi connectivity index (χ4v) is 1.96. The number of nitrogens with one attached hydrogen (secondary N) is 1. The first kappa shape index (κ1) is 14.9. The van der Waals surface area contributed by atoms with Crippen LogP contribution < -0.4 is 10.1 Å². The summed E-state index contributed by atoms with van der Waals surface area (Å²) in [4.78, 5) is 0. The summed E-state index contributed by atoms with van der Waals surface area (Å²) in [5.74, 6) is 0.636. The predicted octanol–water partition coefficient (Wildman–Crippen LogP) is 2.80. The zero-order valence-corrected chi connectivity index (χ0v) is 12.0. The molecule has 0 aliphatic heterocycles. The monoisotopic (exact) mass is 264 g/mol. The number of rotatable bonds is 7. The molecule has 0 radical (unpaired) electrons. The van der Waals surface area contributed by atoms with Gasteiger partial charge in [-0.05, 0) is 36.9 Å². The summed E-state index contributed by atoms with van der Waals surface area (Å²) < 4.78 is 5.12. The number of methoxy groups -OCH3 is 1. The molecule has 4 heteroatoms. The number of hydrogen-bond donors (Lipinski definition) is 1. The molecule has 0 bridgehead atoms. The van der Waals surface area contributed by atoms with Crippen LogP contribution in [0, 0.1) is 11.3 Å². The Morgan fingerprint density at radius 2 is 2.28 bits per heavy atom.